The van der Waals surface area contributed by atoms with Gasteiger partial charge in [-0.1, -0.05) is 0 Å². The molecule has 0 aliphatic carbocycles. The molecule has 0 fully saturated rings. The van der Waals surface area contributed by atoms with Crippen LogP contribution in [0.4, 0.5) is 0 Å². The second-order valence-corrected chi connectivity index (χ2v) is 2.59. The lowest BCUT2D eigenvalue weighted by atomic mass is 10.5. The molecule has 66 valence electrons. The normalized spacial score (nSPS) is 24.3. The smallest absolute Gasteiger partial charge is 0.264 e. The molecule has 0 saturated heterocycles. The van der Waals surface area contributed by atoms with Crippen molar-refractivity contribution >= 4 is 16.0 Å². The van der Waals surface area contributed by atoms with Crippen LogP contribution in [0.1, 0.15) is 22.8 Å². The summed E-state index contributed by atoms with van der Waals surface area (Å²) in [7, 11) is -5.38. The summed E-state index contributed by atoms with van der Waals surface area (Å²) < 4.78 is 78.0. The highest BCUT2D eigenvalue weighted by Crippen LogP contribution is 1.85. The highest BCUT2D eigenvalue weighted by atomic mass is 32.2. The van der Waals surface area contributed by atoms with Crippen LogP contribution in [0.2, 0.25) is 0 Å². The van der Waals surface area contributed by atoms with Crippen LogP contribution in [0.3, 0.4) is 0 Å². The molecule has 11 heavy (non-hydrogen) atoms. The number of carbonyl (C=O) groups excluding carboxylic acids is 1. The molecular weight excluding hydrogens is 170 g/mol. The molecule has 0 aromatic rings. The fourth-order valence-corrected chi connectivity index (χ4v) is 0.506. The SMILES string of the molecule is [2H]C([2H])([2H])C(=O)NCC([2H])([2H])C([2H])([2H])S(=O)(=O)O. The third-order valence-corrected chi connectivity index (χ3v) is 0.941. The summed E-state index contributed by atoms with van der Waals surface area (Å²) in [6.07, 6.45) is -3.21. The minimum atomic E-state index is -5.38. The van der Waals surface area contributed by atoms with Crippen LogP contribution in [-0.2, 0) is 14.9 Å². The average Bonchev–Trinajstić information content (AvgIpc) is 2.10. The van der Waals surface area contributed by atoms with Crippen LogP contribution in [0.25, 0.3) is 0 Å². The number of nitrogens with one attached hydrogen (secondary N) is 1. The molecule has 0 atom stereocenters. The van der Waals surface area contributed by atoms with E-state index in [2.05, 4.69) is 0 Å². The van der Waals surface area contributed by atoms with Crippen LogP contribution in [0.15, 0.2) is 0 Å². The van der Waals surface area contributed by atoms with Gasteiger partial charge >= 0.3 is 0 Å². The summed E-state index contributed by atoms with van der Waals surface area (Å²) in [5.41, 5.74) is -3.69. The molecular formula is C5H11NO4S. The van der Waals surface area contributed by atoms with Gasteiger partial charge in [0.15, 0.2) is 0 Å². The Morgan fingerprint density at radius 1 is 1.82 bits per heavy atom. The van der Waals surface area contributed by atoms with Gasteiger partial charge in [0.2, 0.25) is 5.91 Å². The molecule has 0 saturated carbocycles. The Hall–Kier alpha value is -0.620. The van der Waals surface area contributed by atoms with Crippen LogP contribution in [0, 0.1) is 0 Å². The minimum absolute atomic E-state index is 1.23. The van der Waals surface area contributed by atoms with Crippen LogP contribution >= 0.6 is 0 Å². The predicted octanol–water partition coefficient (Wildman–Crippen LogP) is -0.600. The maximum Gasteiger partial charge on any atom is 0.264 e. The maximum atomic E-state index is 10.9. The van der Waals surface area contributed by atoms with Crippen molar-refractivity contribution in [3.8, 4) is 0 Å². The van der Waals surface area contributed by atoms with Gasteiger partial charge in [-0.05, 0) is 6.37 Å². The van der Waals surface area contributed by atoms with Crippen molar-refractivity contribution in [3.05, 3.63) is 0 Å². The standard InChI is InChI=1S/C5H11NO4S/c1-5(7)6-3-2-4-11(8,9)10/h2-4H2,1H3,(H,6,7)(H,8,9,10)/i1D3,2D2,4D2. The van der Waals surface area contributed by atoms with Crippen LogP contribution in [-0.4, -0.2) is 31.1 Å². The molecule has 0 heterocycles. The number of carbonyl (C=O) groups is 1. The van der Waals surface area contributed by atoms with Gasteiger partial charge < -0.3 is 5.32 Å². The summed E-state index contributed by atoms with van der Waals surface area (Å²) >= 11 is 0. The first-order chi connectivity index (χ1) is 7.63. The number of rotatable bonds is 4. The van der Waals surface area contributed by atoms with Crippen LogP contribution in [0.5, 0.6) is 0 Å². The van der Waals surface area contributed by atoms with Crippen LogP contribution < -0.4 is 5.32 Å². The quantitative estimate of drug-likeness (QED) is 0.577. The largest absolute Gasteiger partial charge is 0.356 e. The molecule has 0 radical (unpaired) electrons. The van der Waals surface area contributed by atoms with E-state index >= 15 is 0 Å². The van der Waals surface area contributed by atoms with Crippen molar-refractivity contribution in [2.24, 2.45) is 0 Å². The Morgan fingerprint density at radius 3 is 2.91 bits per heavy atom. The molecule has 0 aromatic carbocycles. The summed E-state index contributed by atoms with van der Waals surface area (Å²) in [5.74, 6) is -1.56. The fourth-order valence-electron chi connectivity index (χ4n) is 0.252. The molecule has 0 aliphatic rings. The molecule has 0 aromatic heterocycles. The highest BCUT2D eigenvalue weighted by Gasteiger charge is 2.02. The van der Waals surface area contributed by atoms with E-state index in [1.807, 2.05) is 0 Å². The molecule has 0 unspecified atom stereocenters. The van der Waals surface area contributed by atoms with E-state index in [0.717, 1.165) is 0 Å². The lowest BCUT2D eigenvalue weighted by Gasteiger charge is -1.98. The molecule has 6 heteroatoms. The van der Waals surface area contributed by atoms with Gasteiger partial charge in [-0.2, -0.15) is 8.42 Å². The lowest BCUT2D eigenvalue weighted by molar-refractivity contribution is -0.118. The first-order valence-corrected chi connectivity index (χ1v) is 3.82. The van der Waals surface area contributed by atoms with E-state index < -0.39 is 41.5 Å². The molecule has 5 nitrogen and oxygen atoms in total. The van der Waals surface area contributed by atoms with E-state index in [4.69, 9.17) is 14.1 Å². The predicted molar refractivity (Wildman–Crippen MR) is 39.7 cm³/mol. The Bertz CT molecular complexity index is 428. The number of hydrogen-bond acceptors (Lipinski definition) is 3. The molecule has 0 spiro atoms. The summed E-state index contributed by atoms with van der Waals surface area (Å²) in [6.45, 7) is -4.29. The molecule has 0 rings (SSSR count). The Morgan fingerprint density at radius 2 is 2.45 bits per heavy atom. The van der Waals surface area contributed by atoms with Gasteiger partial charge in [0.05, 0.1) is 5.70 Å². The first kappa shape index (κ1) is 3.40. The van der Waals surface area contributed by atoms with Crippen molar-refractivity contribution in [1.82, 2.24) is 5.32 Å². The zero-order valence-electron chi connectivity index (χ0n) is 12.3. The van der Waals surface area contributed by atoms with E-state index in [9.17, 15) is 13.2 Å². The summed E-state index contributed by atoms with van der Waals surface area (Å²) in [6, 6.07) is 0. The van der Waals surface area contributed by atoms with E-state index in [-0.39, 0.29) is 0 Å². The van der Waals surface area contributed by atoms with Gasteiger partial charge in [-0.3, -0.25) is 9.35 Å². The van der Waals surface area contributed by atoms with Crippen molar-refractivity contribution in [3.63, 3.8) is 0 Å². The van der Waals surface area contributed by atoms with Gasteiger partial charge in [-0.15, -0.1) is 0 Å². The monoisotopic (exact) mass is 188 g/mol. The molecule has 0 aliphatic heterocycles. The zero-order valence-corrected chi connectivity index (χ0v) is 6.10. The number of amides is 1. The van der Waals surface area contributed by atoms with Crippen molar-refractivity contribution in [2.75, 3.05) is 12.2 Å². The van der Waals surface area contributed by atoms with Gasteiger partial charge in [0, 0.05) is 23.0 Å². The van der Waals surface area contributed by atoms with E-state index in [1.54, 1.807) is 5.32 Å². The second-order valence-electron chi connectivity index (χ2n) is 1.44. The number of hydrogen-bond donors (Lipinski definition) is 2. The van der Waals surface area contributed by atoms with Gasteiger partial charge in [0.1, 0.15) is 0 Å². The second kappa shape index (κ2) is 4.30. The first-order valence-electron chi connectivity index (χ1n) is 5.88. The lowest BCUT2D eigenvalue weighted by Crippen LogP contribution is -2.22. The van der Waals surface area contributed by atoms with Crippen molar-refractivity contribution in [1.29, 1.82) is 0 Å². The van der Waals surface area contributed by atoms with Crippen molar-refractivity contribution in [2.45, 2.75) is 13.2 Å². The average molecular weight is 188 g/mol. The van der Waals surface area contributed by atoms with Gasteiger partial charge in [0.25, 0.3) is 10.1 Å². The summed E-state index contributed by atoms with van der Waals surface area (Å²) in [4.78, 5) is 10.9. The molecule has 2 N–H and O–H groups in total. The third kappa shape index (κ3) is 9.38. The van der Waals surface area contributed by atoms with Crippen molar-refractivity contribution < 1.29 is 27.4 Å². The molecule has 0 bridgehead atoms. The fraction of sp³-hybridized carbons (Fsp3) is 0.800. The Balaban J connectivity index is 4.95. The van der Waals surface area contributed by atoms with Gasteiger partial charge in [-0.25, -0.2) is 0 Å². The third-order valence-electron chi connectivity index (χ3n) is 0.538. The minimum Gasteiger partial charge on any atom is -0.356 e. The zero-order chi connectivity index (χ0) is 15.0. The van der Waals surface area contributed by atoms with E-state index in [1.165, 1.54) is 0 Å². The highest BCUT2D eigenvalue weighted by molar-refractivity contribution is 7.85. The Kier molecular flexibility index (Phi) is 1.33. The summed E-state index contributed by atoms with van der Waals surface area (Å²) in [5, 5.41) is 1.55. The Labute approximate surface area is 75.4 Å². The topological polar surface area (TPSA) is 83.5 Å². The van der Waals surface area contributed by atoms with E-state index in [0.29, 0.717) is 0 Å². The molecule has 1 amide bonds. The maximum absolute atomic E-state index is 10.9.